The Morgan fingerprint density at radius 2 is 0.885 bits per heavy atom. The van der Waals surface area contributed by atoms with E-state index in [1.165, 1.54) is 9.06 Å². The van der Waals surface area contributed by atoms with Gasteiger partial charge in [0.1, 0.15) is 0 Å². The monoisotopic (exact) mass is 382 g/mol. The Bertz CT molecular complexity index is 791. The molecule has 3 rings (SSSR count). The lowest BCUT2D eigenvalue weighted by molar-refractivity contribution is 1.19. The zero-order valence-corrected chi connectivity index (χ0v) is 15.3. The van der Waals surface area contributed by atoms with Crippen LogP contribution in [0.3, 0.4) is 0 Å². The summed E-state index contributed by atoms with van der Waals surface area (Å²) in [5.74, 6) is 0. The number of nitrogens with zero attached hydrogens (tertiary/aromatic N) is 4. The highest BCUT2D eigenvalue weighted by atomic mass is 35.5. The summed E-state index contributed by atoms with van der Waals surface area (Å²) in [4.78, 5) is 0. The van der Waals surface area contributed by atoms with E-state index < -0.39 is 0 Å². The summed E-state index contributed by atoms with van der Waals surface area (Å²) >= 11 is 12.2. The Kier molecular flexibility index (Phi) is 6.25. The Hall–Kier alpha value is -2.82. The fraction of sp³-hybridized carbons (Fsp3) is 0. The minimum absolute atomic E-state index is 0.803. The third-order valence-electron chi connectivity index (χ3n) is 3.49. The minimum atomic E-state index is 0.803. The molecule has 0 unspecified atom stereocenters. The lowest BCUT2D eigenvalue weighted by atomic mass is 10.2. The van der Waals surface area contributed by atoms with Gasteiger partial charge in [0.15, 0.2) is 0 Å². The Balaban J connectivity index is 1.61. The predicted octanol–water partition coefficient (Wildman–Crippen LogP) is 5.68. The first-order valence-electron chi connectivity index (χ1n) is 7.92. The first kappa shape index (κ1) is 18.0. The van der Waals surface area contributed by atoms with E-state index in [-0.39, 0.29) is 0 Å². The SMILES string of the molecule is ClN(N=Cc1ccc(C=NN(Cl)c2ccccc2)cc1)c1ccccc1. The molecule has 3 aromatic rings. The molecule has 0 radical (unpaired) electrons. The van der Waals surface area contributed by atoms with E-state index >= 15 is 0 Å². The van der Waals surface area contributed by atoms with Gasteiger partial charge in [-0.25, -0.2) is 0 Å². The fourth-order valence-electron chi connectivity index (χ4n) is 2.14. The molecule has 0 aliphatic rings. The van der Waals surface area contributed by atoms with Crippen LogP contribution < -0.4 is 9.06 Å². The maximum absolute atomic E-state index is 6.12. The van der Waals surface area contributed by atoms with E-state index in [0.29, 0.717) is 0 Å². The van der Waals surface area contributed by atoms with Crippen LogP contribution in [0.15, 0.2) is 95.1 Å². The molecule has 26 heavy (non-hydrogen) atoms. The number of halogens is 2. The van der Waals surface area contributed by atoms with Crippen LogP contribution >= 0.6 is 23.6 Å². The summed E-state index contributed by atoms with van der Waals surface area (Å²) in [5.41, 5.74) is 3.46. The molecule has 4 nitrogen and oxygen atoms in total. The van der Waals surface area contributed by atoms with Crippen LogP contribution in [0.1, 0.15) is 11.1 Å². The van der Waals surface area contributed by atoms with Crippen LogP contribution in [0.4, 0.5) is 11.4 Å². The van der Waals surface area contributed by atoms with Gasteiger partial charge in [-0.15, -0.1) is 0 Å². The summed E-state index contributed by atoms with van der Waals surface area (Å²) in [6.45, 7) is 0. The summed E-state index contributed by atoms with van der Waals surface area (Å²) in [6.07, 6.45) is 3.39. The second-order valence-electron chi connectivity index (χ2n) is 5.35. The Morgan fingerprint density at radius 3 is 1.23 bits per heavy atom. The van der Waals surface area contributed by atoms with Gasteiger partial charge in [0.2, 0.25) is 0 Å². The van der Waals surface area contributed by atoms with Crippen molar-refractivity contribution < 1.29 is 0 Å². The molecule has 130 valence electrons. The van der Waals surface area contributed by atoms with Crippen LogP contribution in [0.25, 0.3) is 0 Å². The van der Waals surface area contributed by atoms with Crippen LogP contribution in [0.5, 0.6) is 0 Å². The molecule has 0 fully saturated rings. The highest BCUT2D eigenvalue weighted by molar-refractivity contribution is 6.26. The van der Waals surface area contributed by atoms with E-state index in [0.717, 1.165) is 22.5 Å². The summed E-state index contributed by atoms with van der Waals surface area (Å²) < 4.78 is 2.61. The topological polar surface area (TPSA) is 31.2 Å². The summed E-state index contributed by atoms with van der Waals surface area (Å²) in [6, 6.07) is 26.7. The third-order valence-corrected chi connectivity index (χ3v) is 4.06. The zero-order chi connectivity index (χ0) is 18.2. The third kappa shape index (κ3) is 5.09. The lowest BCUT2D eigenvalue weighted by Crippen LogP contribution is -2.01. The smallest absolute Gasteiger partial charge is 0.0783 e. The van der Waals surface area contributed by atoms with Crippen LogP contribution in [0.2, 0.25) is 0 Å². The van der Waals surface area contributed by atoms with Crippen LogP contribution in [0, 0.1) is 0 Å². The number of hydrogen-bond donors (Lipinski definition) is 0. The molecular formula is C20H16Cl2N4. The lowest BCUT2D eigenvalue weighted by Gasteiger charge is -2.08. The van der Waals surface area contributed by atoms with Crippen molar-refractivity contribution in [3.8, 4) is 0 Å². The van der Waals surface area contributed by atoms with Crippen molar-refractivity contribution in [3.63, 3.8) is 0 Å². The number of rotatable bonds is 6. The van der Waals surface area contributed by atoms with Gasteiger partial charge >= 0.3 is 0 Å². The molecule has 0 heterocycles. The molecule has 0 saturated heterocycles. The minimum Gasteiger partial charge on any atom is -0.173 e. The molecule has 0 saturated carbocycles. The predicted molar refractivity (Wildman–Crippen MR) is 111 cm³/mol. The Morgan fingerprint density at radius 1 is 0.538 bits per heavy atom. The number of anilines is 2. The molecular weight excluding hydrogens is 367 g/mol. The van der Waals surface area contributed by atoms with E-state index in [2.05, 4.69) is 10.2 Å². The van der Waals surface area contributed by atoms with E-state index in [9.17, 15) is 0 Å². The molecule has 0 aromatic heterocycles. The van der Waals surface area contributed by atoms with E-state index in [4.69, 9.17) is 23.6 Å². The fourth-order valence-corrected chi connectivity index (χ4v) is 2.45. The van der Waals surface area contributed by atoms with Crippen LogP contribution in [-0.2, 0) is 0 Å². The number of hydrazone groups is 2. The van der Waals surface area contributed by atoms with Gasteiger partial charge in [-0.2, -0.15) is 19.3 Å². The molecule has 0 aliphatic heterocycles. The van der Waals surface area contributed by atoms with Gasteiger partial charge in [0.05, 0.1) is 23.8 Å². The quantitative estimate of drug-likeness (QED) is 0.312. The van der Waals surface area contributed by atoms with Gasteiger partial charge in [0.25, 0.3) is 0 Å². The van der Waals surface area contributed by atoms with Crippen molar-refractivity contribution in [1.29, 1.82) is 0 Å². The van der Waals surface area contributed by atoms with Crippen molar-refractivity contribution in [2.24, 2.45) is 10.2 Å². The molecule has 0 aliphatic carbocycles. The number of para-hydroxylation sites is 2. The molecule has 0 bridgehead atoms. The second-order valence-corrected chi connectivity index (χ2v) is 5.99. The standard InChI is InChI=1S/C20H16Cl2N4/c21-25(19-7-3-1-4-8-19)23-15-17-11-13-18(14-12-17)16-24-26(22)20-9-5-2-6-10-20/h1-16H. The van der Waals surface area contributed by atoms with Crippen molar-refractivity contribution in [2.75, 3.05) is 9.06 Å². The molecule has 6 heteroatoms. The normalized spacial score (nSPS) is 11.2. The second kappa shape index (κ2) is 9.04. The van der Waals surface area contributed by atoms with Crippen LogP contribution in [-0.4, -0.2) is 12.4 Å². The van der Waals surface area contributed by atoms with Gasteiger partial charge in [-0.05, 0) is 35.4 Å². The average Bonchev–Trinajstić information content (AvgIpc) is 2.72. The van der Waals surface area contributed by atoms with E-state index in [1.54, 1.807) is 12.4 Å². The summed E-state index contributed by atoms with van der Waals surface area (Å²) in [7, 11) is 0. The highest BCUT2D eigenvalue weighted by Crippen LogP contribution is 2.17. The molecule has 0 N–H and O–H groups in total. The number of hydrogen-bond acceptors (Lipinski definition) is 4. The van der Waals surface area contributed by atoms with Crippen molar-refractivity contribution in [3.05, 3.63) is 96.1 Å². The Labute approximate surface area is 162 Å². The molecule has 0 amide bonds. The maximum Gasteiger partial charge on any atom is 0.0783 e. The highest BCUT2D eigenvalue weighted by Gasteiger charge is 2.00. The number of benzene rings is 3. The van der Waals surface area contributed by atoms with Gasteiger partial charge in [-0.1, -0.05) is 60.7 Å². The largest absolute Gasteiger partial charge is 0.173 e. The average molecular weight is 383 g/mol. The first-order chi connectivity index (χ1) is 12.7. The zero-order valence-electron chi connectivity index (χ0n) is 13.8. The van der Waals surface area contributed by atoms with Crippen molar-refractivity contribution in [2.45, 2.75) is 0 Å². The molecule has 0 spiro atoms. The summed E-state index contributed by atoms with van der Waals surface area (Å²) in [5, 5.41) is 8.44. The van der Waals surface area contributed by atoms with Gasteiger partial charge in [0, 0.05) is 23.6 Å². The van der Waals surface area contributed by atoms with E-state index in [1.807, 2.05) is 84.9 Å². The molecule has 0 atom stereocenters. The van der Waals surface area contributed by atoms with Crippen molar-refractivity contribution >= 4 is 47.4 Å². The molecule has 3 aromatic carbocycles. The van der Waals surface area contributed by atoms with Crippen molar-refractivity contribution in [1.82, 2.24) is 0 Å². The van der Waals surface area contributed by atoms with Gasteiger partial charge < -0.3 is 0 Å². The maximum atomic E-state index is 6.12. The first-order valence-corrected chi connectivity index (χ1v) is 8.60. The van der Waals surface area contributed by atoms with Gasteiger partial charge in [-0.3, -0.25) is 0 Å².